The molecule has 1 amide bonds. The van der Waals surface area contributed by atoms with E-state index in [4.69, 9.17) is 16.3 Å². The van der Waals surface area contributed by atoms with Crippen LogP contribution in [0.3, 0.4) is 0 Å². The van der Waals surface area contributed by atoms with E-state index in [1.807, 2.05) is 5.38 Å². The van der Waals surface area contributed by atoms with Crippen molar-refractivity contribution in [2.45, 2.75) is 20.3 Å². The fourth-order valence-corrected chi connectivity index (χ4v) is 3.95. The number of rotatable bonds is 6. The molecule has 6 nitrogen and oxygen atoms in total. The van der Waals surface area contributed by atoms with Gasteiger partial charge in [-0.2, -0.15) is 4.98 Å². The molecule has 0 radical (unpaired) electrons. The number of benzene rings is 2. The summed E-state index contributed by atoms with van der Waals surface area (Å²) in [5, 5.41) is 9.86. The predicted octanol–water partition coefficient (Wildman–Crippen LogP) is 5.14. The Morgan fingerprint density at radius 1 is 1.21 bits per heavy atom. The van der Waals surface area contributed by atoms with E-state index >= 15 is 0 Å². The molecule has 2 heterocycles. The van der Waals surface area contributed by atoms with Crippen molar-refractivity contribution in [1.82, 2.24) is 14.6 Å². The number of hydrogen-bond acceptors (Lipinski definition) is 5. The minimum Gasteiger partial charge on any atom is -0.493 e. The summed E-state index contributed by atoms with van der Waals surface area (Å²) in [7, 11) is 0. The lowest BCUT2D eigenvalue weighted by Gasteiger charge is -2.06. The number of amides is 1. The lowest BCUT2D eigenvalue weighted by Crippen LogP contribution is -2.16. The molecular weight excluding hydrogens is 408 g/mol. The van der Waals surface area contributed by atoms with Crippen LogP contribution in [0.15, 0.2) is 47.8 Å². The molecule has 4 aromatic rings. The van der Waals surface area contributed by atoms with Crippen LogP contribution in [-0.2, 0) is 4.79 Å². The van der Waals surface area contributed by atoms with Crippen LogP contribution in [-0.4, -0.2) is 27.1 Å². The van der Waals surface area contributed by atoms with Gasteiger partial charge >= 0.3 is 0 Å². The number of anilines is 1. The van der Waals surface area contributed by atoms with E-state index in [-0.39, 0.29) is 18.9 Å². The maximum absolute atomic E-state index is 12.2. The molecule has 0 saturated carbocycles. The average Bonchev–Trinajstić information content (AvgIpc) is 3.24. The molecule has 0 bridgehead atoms. The Labute approximate surface area is 177 Å². The predicted molar refractivity (Wildman–Crippen MR) is 116 cm³/mol. The molecule has 2 aromatic heterocycles. The second-order valence-corrected chi connectivity index (χ2v) is 7.94. The molecule has 29 heavy (non-hydrogen) atoms. The van der Waals surface area contributed by atoms with Crippen LogP contribution in [0, 0.1) is 13.8 Å². The third kappa shape index (κ3) is 4.41. The molecule has 148 valence electrons. The zero-order chi connectivity index (χ0) is 20.4. The summed E-state index contributed by atoms with van der Waals surface area (Å²) < 4.78 is 7.32. The summed E-state index contributed by atoms with van der Waals surface area (Å²) in [6.45, 7) is 4.40. The van der Waals surface area contributed by atoms with Gasteiger partial charge in [0.1, 0.15) is 5.75 Å². The van der Waals surface area contributed by atoms with Gasteiger partial charge in [0, 0.05) is 16.0 Å². The van der Waals surface area contributed by atoms with Gasteiger partial charge in [0.2, 0.25) is 16.8 Å². The molecule has 1 N–H and O–H groups in total. The molecule has 0 aliphatic carbocycles. The highest BCUT2D eigenvalue weighted by Crippen LogP contribution is 2.28. The molecule has 0 atom stereocenters. The quantitative estimate of drug-likeness (QED) is 0.463. The van der Waals surface area contributed by atoms with Gasteiger partial charge in [0.05, 0.1) is 18.7 Å². The number of ether oxygens (including phenoxy) is 1. The number of carbonyl (C=O) groups is 1. The Kier molecular flexibility index (Phi) is 5.51. The number of aromatic nitrogens is 3. The van der Waals surface area contributed by atoms with Crippen molar-refractivity contribution in [3.05, 3.63) is 64.0 Å². The number of thiazole rings is 1. The normalized spacial score (nSPS) is 11.0. The Morgan fingerprint density at radius 2 is 2.00 bits per heavy atom. The van der Waals surface area contributed by atoms with Crippen molar-refractivity contribution in [3.63, 3.8) is 0 Å². The van der Waals surface area contributed by atoms with E-state index in [2.05, 4.69) is 47.4 Å². The van der Waals surface area contributed by atoms with Crippen LogP contribution in [0.25, 0.3) is 16.2 Å². The highest BCUT2D eigenvalue weighted by atomic mass is 35.5. The number of hydrogen-bond donors (Lipinski definition) is 1. The number of halogens is 1. The number of nitrogens with one attached hydrogen (secondary N) is 1. The Hall–Kier alpha value is -2.90. The van der Waals surface area contributed by atoms with Gasteiger partial charge in [-0.05, 0) is 43.7 Å². The van der Waals surface area contributed by atoms with Crippen LogP contribution in [0.2, 0.25) is 5.02 Å². The summed E-state index contributed by atoms with van der Waals surface area (Å²) in [5.41, 5.74) is 4.44. The van der Waals surface area contributed by atoms with Gasteiger partial charge in [-0.3, -0.25) is 10.1 Å². The Balaban J connectivity index is 1.41. The fourth-order valence-electron chi connectivity index (χ4n) is 3.00. The summed E-state index contributed by atoms with van der Waals surface area (Å²) >= 11 is 7.33. The summed E-state index contributed by atoms with van der Waals surface area (Å²) in [6.07, 6.45) is 0.194. The van der Waals surface area contributed by atoms with Crippen LogP contribution < -0.4 is 10.1 Å². The molecule has 0 fully saturated rings. The van der Waals surface area contributed by atoms with E-state index in [9.17, 15) is 4.79 Å². The fraction of sp³-hybridized carbons (Fsp3) is 0.190. The van der Waals surface area contributed by atoms with Crippen LogP contribution in [0.5, 0.6) is 5.75 Å². The van der Waals surface area contributed by atoms with Crippen molar-refractivity contribution in [2.75, 3.05) is 11.9 Å². The molecule has 0 unspecified atom stereocenters. The van der Waals surface area contributed by atoms with E-state index in [0.29, 0.717) is 16.7 Å². The second-order valence-electron chi connectivity index (χ2n) is 6.67. The SMILES string of the molecule is Cc1ccc(-c2csc3nc(NC(=O)CCOc4ccc(Cl)cc4)nn23)c(C)c1. The smallest absolute Gasteiger partial charge is 0.250 e. The zero-order valence-corrected chi connectivity index (χ0v) is 17.5. The first kappa shape index (κ1) is 19.4. The molecule has 0 aliphatic heterocycles. The first-order chi connectivity index (χ1) is 14.0. The summed E-state index contributed by atoms with van der Waals surface area (Å²) in [6, 6.07) is 13.3. The van der Waals surface area contributed by atoms with Crippen molar-refractivity contribution in [3.8, 4) is 17.0 Å². The van der Waals surface area contributed by atoms with Gasteiger partial charge in [-0.15, -0.1) is 16.4 Å². The van der Waals surface area contributed by atoms with E-state index in [0.717, 1.165) is 16.2 Å². The molecule has 0 spiro atoms. The second kappa shape index (κ2) is 8.23. The van der Waals surface area contributed by atoms with E-state index in [1.54, 1.807) is 28.8 Å². The standard InChI is InChI=1S/C21H19ClN4O2S/c1-13-3-8-17(14(2)11-13)18-12-29-21-24-20(25-26(18)21)23-19(27)9-10-28-16-6-4-15(22)5-7-16/h3-8,11-12H,9-10H2,1-2H3,(H,23,25,27). The van der Waals surface area contributed by atoms with Crippen molar-refractivity contribution < 1.29 is 9.53 Å². The highest BCUT2D eigenvalue weighted by molar-refractivity contribution is 7.15. The summed E-state index contributed by atoms with van der Waals surface area (Å²) in [5.74, 6) is 0.755. The number of fused-ring (bicyclic) bond motifs is 1. The lowest BCUT2D eigenvalue weighted by atomic mass is 10.0. The first-order valence-electron chi connectivity index (χ1n) is 9.10. The van der Waals surface area contributed by atoms with Gasteiger partial charge in [0.25, 0.3) is 0 Å². The van der Waals surface area contributed by atoms with E-state index in [1.165, 1.54) is 22.5 Å². The van der Waals surface area contributed by atoms with Gasteiger partial charge in [-0.25, -0.2) is 4.52 Å². The average molecular weight is 427 g/mol. The van der Waals surface area contributed by atoms with Gasteiger partial charge in [-0.1, -0.05) is 35.4 Å². The molecule has 2 aromatic carbocycles. The van der Waals surface area contributed by atoms with Crippen molar-refractivity contribution >= 4 is 39.8 Å². The summed E-state index contributed by atoms with van der Waals surface area (Å²) in [4.78, 5) is 17.3. The maximum Gasteiger partial charge on any atom is 0.250 e. The largest absolute Gasteiger partial charge is 0.493 e. The van der Waals surface area contributed by atoms with Crippen LogP contribution >= 0.6 is 22.9 Å². The minimum absolute atomic E-state index is 0.194. The molecule has 0 aliphatic rings. The molecular formula is C21H19ClN4O2S. The molecule has 0 saturated heterocycles. The Morgan fingerprint density at radius 3 is 2.76 bits per heavy atom. The maximum atomic E-state index is 12.2. The van der Waals surface area contributed by atoms with Crippen molar-refractivity contribution in [1.29, 1.82) is 0 Å². The zero-order valence-electron chi connectivity index (χ0n) is 16.0. The topological polar surface area (TPSA) is 68.5 Å². The Bertz CT molecular complexity index is 1170. The molecule has 4 rings (SSSR count). The molecule has 8 heteroatoms. The minimum atomic E-state index is -0.203. The van der Waals surface area contributed by atoms with Crippen molar-refractivity contribution in [2.24, 2.45) is 0 Å². The van der Waals surface area contributed by atoms with Gasteiger partial charge < -0.3 is 4.74 Å². The monoisotopic (exact) mass is 426 g/mol. The third-order valence-electron chi connectivity index (χ3n) is 4.40. The van der Waals surface area contributed by atoms with Crippen LogP contribution in [0.1, 0.15) is 17.5 Å². The van der Waals surface area contributed by atoms with E-state index < -0.39 is 0 Å². The number of aryl methyl sites for hydroxylation is 2. The third-order valence-corrected chi connectivity index (χ3v) is 5.47. The first-order valence-corrected chi connectivity index (χ1v) is 10.4. The van der Waals surface area contributed by atoms with Crippen LogP contribution in [0.4, 0.5) is 5.95 Å². The lowest BCUT2D eigenvalue weighted by molar-refractivity contribution is -0.116. The highest BCUT2D eigenvalue weighted by Gasteiger charge is 2.14. The van der Waals surface area contributed by atoms with Gasteiger partial charge in [0.15, 0.2) is 0 Å². The number of carbonyl (C=O) groups excluding carboxylic acids is 1. The number of nitrogens with zero attached hydrogens (tertiary/aromatic N) is 3.